The van der Waals surface area contributed by atoms with Crippen LogP contribution in [-0.4, -0.2) is 72.5 Å². The molecular weight excluding hydrogens is 483 g/mol. The van der Waals surface area contributed by atoms with Crippen molar-refractivity contribution in [1.82, 2.24) is 10.1 Å². The maximum Gasteiger partial charge on any atom is 0.414 e. The minimum Gasteiger partial charge on any atom is -0.444 e. The number of anilines is 2. The molecule has 11 heteroatoms. The minimum absolute atomic E-state index is 0.0243. The largest absolute Gasteiger partial charge is 0.444 e. The maximum absolute atomic E-state index is 15.1. The van der Waals surface area contributed by atoms with Crippen molar-refractivity contribution >= 4 is 34.9 Å². The topological polar surface area (TPSA) is 113 Å². The van der Waals surface area contributed by atoms with Gasteiger partial charge in [0.15, 0.2) is 5.78 Å². The van der Waals surface area contributed by atoms with Gasteiger partial charge in [-0.1, -0.05) is 12.1 Å². The van der Waals surface area contributed by atoms with Gasteiger partial charge in [0.05, 0.1) is 17.9 Å². The summed E-state index contributed by atoms with van der Waals surface area (Å²) in [4.78, 5) is 53.6. The third-order valence-corrected chi connectivity index (χ3v) is 6.69. The number of amides is 2. The van der Waals surface area contributed by atoms with Crippen molar-refractivity contribution in [3.63, 3.8) is 0 Å². The van der Waals surface area contributed by atoms with Crippen LogP contribution in [-0.2, 0) is 14.3 Å². The third-order valence-electron chi connectivity index (χ3n) is 6.69. The van der Waals surface area contributed by atoms with Crippen LogP contribution in [0.15, 0.2) is 28.8 Å². The van der Waals surface area contributed by atoms with Gasteiger partial charge >= 0.3 is 6.09 Å². The van der Waals surface area contributed by atoms with Crippen LogP contribution in [0, 0.1) is 18.7 Å². The number of nitrogens with zero attached hydrogens (tertiary/aromatic N) is 4. The fraction of sp³-hybridized carbons (Fsp3) is 0.500. The molecule has 2 aromatic rings. The molecule has 0 spiro atoms. The van der Waals surface area contributed by atoms with Crippen molar-refractivity contribution in [2.45, 2.75) is 46.1 Å². The van der Waals surface area contributed by atoms with Crippen molar-refractivity contribution in [2.75, 3.05) is 42.5 Å². The number of aromatic nitrogens is 1. The van der Waals surface area contributed by atoms with Crippen LogP contribution in [0.3, 0.4) is 0 Å². The molecule has 2 fully saturated rings. The summed E-state index contributed by atoms with van der Waals surface area (Å²) in [5, 5.41) is 3.71. The van der Waals surface area contributed by atoms with Crippen molar-refractivity contribution in [3.05, 3.63) is 41.5 Å². The number of ketones is 2. The summed E-state index contributed by atoms with van der Waals surface area (Å²) in [5.74, 6) is -0.795. The molecule has 10 nitrogen and oxygen atoms in total. The van der Waals surface area contributed by atoms with Crippen LogP contribution >= 0.6 is 0 Å². The molecule has 0 bridgehead atoms. The van der Waals surface area contributed by atoms with E-state index in [1.807, 2.05) is 4.90 Å². The van der Waals surface area contributed by atoms with Gasteiger partial charge < -0.3 is 23.9 Å². The number of carbonyl (C=O) groups is 4. The van der Waals surface area contributed by atoms with E-state index in [1.165, 1.54) is 17.9 Å². The highest BCUT2D eigenvalue weighted by Crippen LogP contribution is 2.29. The second kappa shape index (κ2) is 11.1. The first-order valence-corrected chi connectivity index (χ1v) is 12.4. The van der Waals surface area contributed by atoms with Gasteiger partial charge in [-0.25, -0.2) is 9.18 Å². The van der Waals surface area contributed by atoms with Crippen molar-refractivity contribution in [1.29, 1.82) is 0 Å². The zero-order valence-electron chi connectivity index (χ0n) is 21.2. The number of hydrogen-bond donors (Lipinski definition) is 0. The van der Waals surface area contributed by atoms with Crippen molar-refractivity contribution < 1.29 is 32.8 Å². The standard InChI is InChI=1S/C26H31FN4O6/c1-16(12-24(33)22-13-18(3)37-28-22)25(34)30-10-8-29(9-11-30)23-7-5-19(14-21(23)27)31-15-20(36-26(31)35)6-4-17(2)32/h5,7,13-14,16,20H,4,6,8-12,15H2,1-3H3/t16-,20+/m1/s1. The lowest BCUT2D eigenvalue weighted by molar-refractivity contribution is -0.135. The number of halogens is 1. The summed E-state index contributed by atoms with van der Waals surface area (Å²) in [7, 11) is 0. The molecule has 3 heterocycles. The highest BCUT2D eigenvalue weighted by atomic mass is 19.1. The SMILES string of the molecule is CC(=O)CC[C@H]1CN(c2ccc(N3CCN(C(=O)[C@H](C)CC(=O)c4cc(C)on4)CC3)c(F)c2)C(=O)O1. The lowest BCUT2D eigenvalue weighted by Crippen LogP contribution is -2.50. The molecule has 0 aliphatic carbocycles. The molecule has 1 aromatic heterocycles. The normalized spacial score (nSPS) is 18.6. The molecule has 198 valence electrons. The highest BCUT2D eigenvalue weighted by molar-refractivity contribution is 5.97. The Labute approximate surface area is 214 Å². The first-order valence-electron chi connectivity index (χ1n) is 12.4. The monoisotopic (exact) mass is 514 g/mol. The van der Waals surface area contributed by atoms with E-state index in [0.717, 1.165) is 0 Å². The average Bonchev–Trinajstić information content (AvgIpc) is 3.47. The van der Waals surface area contributed by atoms with Gasteiger partial charge in [0.25, 0.3) is 0 Å². The number of piperazine rings is 1. The molecule has 2 aliphatic heterocycles. The summed E-state index contributed by atoms with van der Waals surface area (Å²) >= 11 is 0. The van der Waals surface area contributed by atoms with E-state index in [2.05, 4.69) is 5.16 Å². The molecule has 2 saturated heterocycles. The predicted octanol–water partition coefficient (Wildman–Crippen LogP) is 3.37. The molecule has 4 rings (SSSR count). The zero-order chi connectivity index (χ0) is 26.7. The molecule has 0 unspecified atom stereocenters. The number of cyclic esters (lactones) is 1. The Morgan fingerprint density at radius 2 is 1.89 bits per heavy atom. The van der Waals surface area contributed by atoms with Gasteiger partial charge in [0, 0.05) is 51.0 Å². The first-order chi connectivity index (χ1) is 17.6. The molecule has 2 aliphatic rings. The molecule has 0 N–H and O–H groups in total. The lowest BCUT2D eigenvalue weighted by atomic mass is 10.0. The van der Waals surface area contributed by atoms with Gasteiger partial charge in [0.2, 0.25) is 5.91 Å². The fourth-order valence-corrected chi connectivity index (χ4v) is 4.61. The van der Waals surface area contributed by atoms with E-state index < -0.39 is 23.9 Å². The van der Waals surface area contributed by atoms with Crippen LogP contribution in [0.4, 0.5) is 20.6 Å². The first kappa shape index (κ1) is 26.3. The fourth-order valence-electron chi connectivity index (χ4n) is 4.61. The number of ether oxygens (including phenoxy) is 1. The van der Waals surface area contributed by atoms with E-state index in [4.69, 9.17) is 9.26 Å². The summed E-state index contributed by atoms with van der Waals surface area (Å²) in [6.07, 6.45) is -0.158. The second-order valence-corrected chi connectivity index (χ2v) is 9.66. The number of Topliss-reactive ketones (excluding diaryl/α,β-unsaturated/α-hetero) is 2. The number of aryl methyl sites for hydroxylation is 1. The number of carbonyl (C=O) groups excluding carboxylic acids is 4. The van der Waals surface area contributed by atoms with Crippen LogP contribution in [0.1, 0.15) is 49.4 Å². The summed E-state index contributed by atoms with van der Waals surface area (Å²) in [6, 6.07) is 6.15. The average molecular weight is 515 g/mol. The van der Waals surface area contributed by atoms with Crippen molar-refractivity contribution in [3.8, 4) is 0 Å². The number of rotatable bonds is 9. The van der Waals surface area contributed by atoms with E-state index in [-0.39, 0.29) is 36.1 Å². The van der Waals surface area contributed by atoms with E-state index in [9.17, 15) is 19.2 Å². The molecule has 37 heavy (non-hydrogen) atoms. The van der Waals surface area contributed by atoms with Gasteiger partial charge in [-0.3, -0.25) is 14.5 Å². The smallest absolute Gasteiger partial charge is 0.414 e. The van der Waals surface area contributed by atoms with E-state index in [1.54, 1.807) is 36.9 Å². The van der Waals surface area contributed by atoms with Crippen LogP contribution in [0.2, 0.25) is 0 Å². The Balaban J connectivity index is 1.31. The van der Waals surface area contributed by atoms with Crippen molar-refractivity contribution in [2.24, 2.45) is 5.92 Å². The molecule has 0 saturated carbocycles. The minimum atomic E-state index is -0.556. The summed E-state index contributed by atoms with van der Waals surface area (Å²) in [6.45, 7) is 6.84. The number of hydrogen-bond acceptors (Lipinski definition) is 8. The van der Waals surface area contributed by atoms with Gasteiger partial charge in [-0.2, -0.15) is 0 Å². The van der Waals surface area contributed by atoms with Gasteiger partial charge in [0.1, 0.15) is 29.2 Å². The zero-order valence-corrected chi connectivity index (χ0v) is 21.2. The molecule has 1 aromatic carbocycles. The molecular formula is C26H31FN4O6. The van der Waals surface area contributed by atoms with Crippen LogP contribution < -0.4 is 9.80 Å². The van der Waals surface area contributed by atoms with E-state index >= 15 is 4.39 Å². The quantitative estimate of drug-likeness (QED) is 0.468. The Bertz CT molecular complexity index is 1190. The maximum atomic E-state index is 15.1. The number of benzene rings is 1. The third kappa shape index (κ3) is 6.15. The van der Waals surface area contributed by atoms with Crippen LogP contribution in [0.5, 0.6) is 0 Å². The van der Waals surface area contributed by atoms with Gasteiger partial charge in [-0.15, -0.1) is 0 Å². The van der Waals surface area contributed by atoms with Gasteiger partial charge in [-0.05, 0) is 38.5 Å². The Hall–Kier alpha value is -3.76. The second-order valence-electron chi connectivity index (χ2n) is 9.66. The Morgan fingerprint density at radius 3 is 2.51 bits per heavy atom. The Morgan fingerprint density at radius 1 is 1.16 bits per heavy atom. The summed E-state index contributed by atoms with van der Waals surface area (Å²) < 4.78 is 25.3. The summed E-state index contributed by atoms with van der Waals surface area (Å²) in [5.41, 5.74) is 1.00. The van der Waals surface area contributed by atoms with Crippen LogP contribution in [0.25, 0.3) is 0 Å². The lowest BCUT2D eigenvalue weighted by Gasteiger charge is -2.37. The predicted molar refractivity (Wildman–Crippen MR) is 132 cm³/mol. The van der Waals surface area contributed by atoms with E-state index in [0.29, 0.717) is 56.2 Å². The molecule has 0 radical (unpaired) electrons. The molecule has 2 amide bonds. The molecule has 2 atom stereocenters. The Kier molecular flexibility index (Phi) is 7.89. The highest BCUT2D eigenvalue weighted by Gasteiger charge is 2.33.